The molecule has 132 valence electrons. The van der Waals surface area contributed by atoms with Gasteiger partial charge in [0, 0.05) is 18.5 Å². The van der Waals surface area contributed by atoms with E-state index in [1.807, 2.05) is 31.7 Å². The number of carbonyl (C=O) groups is 1. The number of rotatable bonds is 3. The smallest absolute Gasteiger partial charge is 0.241 e. The first-order valence-corrected chi connectivity index (χ1v) is 10.3. The summed E-state index contributed by atoms with van der Waals surface area (Å²) in [6.07, 6.45) is 3.29. The lowest BCUT2D eigenvalue weighted by atomic mass is 9.83. The van der Waals surface area contributed by atoms with Gasteiger partial charge in [-0.05, 0) is 29.4 Å². The third-order valence-corrected chi connectivity index (χ3v) is 5.72. The Labute approximate surface area is 144 Å². The molecule has 24 heavy (non-hydrogen) atoms. The van der Waals surface area contributed by atoms with E-state index >= 15 is 0 Å². The second-order valence-corrected chi connectivity index (χ2v) is 10.1. The molecular formula is C18H26N2O3S. The van der Waals surface area contributed by atoms with Gasteiger partial charge in [-0.2, -0.15) is 0 Å². The molecule has 1 fully saturated rings. The maximum atomic E-state index is 13.1. The molecule has 0 unspecified atom stereocenters. The number of carbonyl (C=O) groups excluding carboxylic acids is 1. The Morgan fingerprint density at radius 1 is 1.25 bits per heavy atom. The van der Waals surface area contributed by atoms with E-state index in [9.17, 15) is 13.2 Å². The van der Waals surface area contributed by atoms with Crippen LogP contribution in [-0.4, -0.2) is 38.1 Å². The molecule has 6 heteroatoms. The van der Waals surface area contributed by atoms with Crippen molar-refractivity contribution in [3.05, 3.63) is 35.4 Å². The van der Waals surface area contributed by atoms with E-state index in [0.717, 1.165) is 19.1 Å². The molecule has 1 aliphatic carbocycles. The van der Waals surface area contributed by atoms with Crippen molar-refractivity contribution in [3.8, 4) is 0 Å². The fourth-order valence-corrected chi connectivity index (χ4v) is 4.50. The third kappa shape index (κ3) is 3.35. The Hall–Kier alpha value is -1.40. The topological polar surface area (TPSA) is 66.5 Å². The molecule has 0 bridgehead atoms. The van der Waals surface area contributed by atoms with Crippen molar-refractivity contribution in [3.63, 3.8) is 0 Å². The van der Waals surface area contributed by atoms with Crippen molar-refractivity contribution in [1.29, 1.82) is 0 Å². The fourth-order valence-electron chi connectivity index (χ4n) is 3.62. The fraction of sp³-hybridized carbons (Fsp3) is 0.611. The van der Waals surface area contributed by atoms with Crippen LogP contribution < -0.4 is 4.72 Å². The first-order chi connectivity index (χ1) is 11.0. The van der Waals surface area contributed by atoms with Crippen LogP contribution in [0.4, 0.5) is 0 Å². The summed E-state index contributed by atoms with van der Waals surface area (Å²) >= 11 is 0. The number of benzene rings is 1. The maximum Gasteiger partial charge on any atom is 0.241 e. The summed E-state index contributed by atoms with van der Waals surface area (Å²) in [4.78, 5) is 15.0. The molecule has 1 amide bonds. The summed E-state index contributed by atoms with van der Waals surface area (Å²) in [6, 6.07) is 7.54. The summed E-state index contributed by atoms with van der Waals surface area (Å²) in [5.74, 6) is -0.131. The Balaban J connectivity index is 1.90. The van der Waals surface area contributed by atoms with Gasteiger partial charge >= 0.3 is 0 Å². The highest BCUT2D eigenvalue weighted by Gasteiger charge is 2.51. The number of hydrogen-bond donors (Lipinski definition) is 1. The lowest BCUT2D eigenvalue weighted by Gasteiger charge is -2.39. The molecule has 1 spiro atoms. The lowest BCUT2D eigenvalue weighted by molar-refractivity contribution is -0.137. The molecule has 5 nitrogen and oxygen atoms in total. The van der Waals surface area contributed by atoms with Crippen LogP contribution >= 0.6 is 0 Å². The van der Waals surface area contributed by atoms with Crippen LogP contribution in [0.5, 0.6) is 0 Å². The van der Waals surface area contributed by atoms with E-state index in [1.165, 1.54) is 11.1 Å². The molecule has 1 heterocycles. The van der Waals surface area contributed by atoms with Crippen LogP contribution in [0.1, 0.15) is 44.7 Å². The highest BCUT2D eigenvalue weighted by molar-refractivity contribution is 7.88. The van der Waals surface area contributed by atoms with E-state index in [4.69, 9.17) is 0 Å². The Morgan fingerprint density at radius 3 is 2.42 bits per heavy atom. The summed E-state index contributed by atoms with van der Waals surface area (Å²) in [5.41, 5.74) is 2.13. The largest absolute Gasteiger partial charge is 0.336 e. The number of hydrogen-bond acceptors (Lipinski definition) is 3. The molecule has 2 aliphatic rings. The number of nitrogens with zero attached hydrogens (tertiary/aromatic N) is 1. The van der Waals surface area contributed by atoms with Crippen LogP contribution in [0, 0.1) is 5.41 Å². The number of nitrogens with one attached hydrogen (secondary N) is 1. The molecule has 1 atom stereocenters. The SMILES string of the molecule is CC(C)(C)[C@H](NS(C)(=O)=O)C(=O)N1Cc2ccccc2C2(CC2)C1. The predicted octanol–water partition coefficient (Wildman–Crippen LogP) is 2.02. The second-order valence-electron chi connectivity index (χ2n) is 8.32. The molecule has 1 aliphatic heterocycles. The van der Waals surface area contributed by atoms with Gasteiger partial charge < -0.3 is 4.90 Å². The Bertz CT molecular complexity index is 761. The lowest BCUT2D eigenvalue weighted by Crippen LogP contribution is -2.56. The van der Waals surface area contributed by atoms with Crippen LogP contribution in [0.2, 0.25) is 0 Å². The quantitative estimate of drug-likeness (QED) is 0.907. The zero-order valence-corrected chi connectivity index (χ0v) is 15.6. The zero-order chi connectivity index (χ0) is 17.8. The van der Waals surface area contributed by atoms with Crippen LogP contribution in [0.15, 0.2) is 24.3 Å². The molecule has 3 rings (SSSR count). The van der Waals surface area contributed by atoms with Gasteiger partial charge in [0.25, 0.3) is 0 Å². The highest BCUT2D eigenvalue weighted by Crippen LogP contribution is 2.52. The molecule has 0 saturated heterocycles. The van der Waals surface area contributed by atoms with Crippen LogP contribution in [0.3, 0.4) is 0 Å². The summed E-state index contributed by atoms with van der Waals surface area (Å²) in [6.45, 7) is 6.89. The van der Waals surface area contributed by atoms with Crippen molar-refractivity contribution in [1.82, 2.24) is 9.62 Å². The van der Waals surface area contributed by atoms with Gasteiger partial charge in [0.15, 0.2) is 0 Å². The average molecular weight is 350 g/mol. The van der Waals surface area contributed by atoms with Gasteiger partial charge in [0.05, 0.1) is 6.26 Å². The first kappa shape index (κ1) is 17.4. The normalized spacial score (nSPS) is 20.6. The molecule has 0 radical (unpaired) electrons. The predicted molar refractivity (Wildman–Crippen MR) is 94.0 cm³/mol. The summed E-state index contributed by atoms with van der Waals surface area (Å²) < 4.78 is 26.0. The van der Waals surface area contributed by atoms with Gasteiger partial charge in [0.1, 0.15) is 6.04 Å². The maximum absolute atomic E-state index is 13.1. The Kier molecular flexibility index (Phi) is 4.04. The molecule has 1 aromatic carbocycles. The average Bonchev–Trinajstić information content (AvgIpc) is 3.22. The monoisotopic (exact) mass is 350 g/mol. The number of fused-ring (bicyclic) bond motifs is 2. The van der Waals surface area contributed by atoms with Crippen molar-refractivity contribution in [2.24, 2.45) is 5.41 Å². The highest BCUT2D eigenvalue weighted by atomic mass is 32.2. The molecule has 1 N–H and O–H groups in total. The van der Waals surface area contributed by atoms with E-state index < -0.39 is 21.5 Å². The minimum Gasteiger partial charge on any atom is -0.336 e. The van der Waals surface area contributed by atoms with E-state index in [0.29, 0.717) is 13.1 Å². The van der Waals surface area contributed by atoms with Gasteiger partial charge in [-0.25, -0.2) is 13.1 Å². The molecular weight excluding hydrogens is 324 g/mol. The number of sulfonamides is 1. The molecule has 1 aromatic rings. The number of amides is 1. The summed E-state index contributed by atoms with van der Waals surface area (Å²) in [7, 11) is -3.46. The van der Waals surface area contributed by atoms with Crippen LogP contribution in [0.25, 0.3) is 0 Å². The van der Waals surface area contributed by atoms with Crippen LogP contribution in [-0.2, 0) is 26.8 Å². The summed E-state index contributed by atoms with van der Waals surface area (Å²) in [5, 5.41) is 0. The second kappa shape index (κ2) is 5.56. The van der Waals surface area contributed by atoms with Crippen molar-refractivity contribution >= 4 is 15.9 Å². The minimum absolute atomic E-state index is 0.0814. The van der Waals surface area contributed by atoms with Gasteiger partial charge in [-0.15, -0.1) is 0 Å². The van der Waals surface area contributed by atoms with Gasteiger partial charge in [0.2, 0.25) is 15.9 Å². The standard InChI is InChI=1S/C18H26N2O3S/c1-17(2,3)15(19-24(4,22)23)16(21)20-11-13-7-5-6-8-14(13)18(12-20)9-10-18/h5-8,15,19H,9-12H2,1-4H3/t15-/m1/s1. The molecule has 0 aromatic heterocycles. The third-order valence-electron chi connectivity index (χ3n) is 5.05. The van der Waals surface area contributed by atoms with E-state index in [1.54, 1.807) is 0 Å². The molecule has 1 saturated carbocycles. The Morgan fingerprint density at radius 2 is 1.88 bits per heavy atom. The van der Waals surface area contributed by atoms with E-state index in [-0.39, 0.29) is 11.3 Å². The zero-order valence-electron chi connectivity index (χ0n) is 14.8. The van der Waals surface area contributed by atoms with Crippen molar-refractivity contribution < 1.29 is 13.2 Å². The van der Waals surface area contributed by atoms with E-state index in [2.05, 4.69) is 22.9 Å². The van der Waals surface area contributed by atoms with Gasteiger partial charge in [-0.1, -0.05) is 45.0 Å². The minimum atomic E-state index is -3.46. The van der Waals surface area contributed by atoms with Crippen molar-refractivity contribution in [2.75, 3.05) is 12.8 Å². The van der Waals surface area contributed by atoms with Crippen molar-refractivity contribution in [2.45, 2.75) is 51.6 Å². The van der Waals surface area contributed by atoms with Gasteiger partial charge in [-0.3, -0.25) is 4.79 Å². The first-order valence-electron chi connectivity index (χ1n) is 8.36.